The minimum atomic E-state index is -0.573. The van der Waals surface area contributed by atoms with E-state index in [2.05, 4.69) is 5.43 Å². The Labute approximate surface area is 114 Å². The Kier molecular flexibility index (Phi) is 2.89. The first kappa shape index (κ1) is 12.3. The number of carbonyl (C=O) groups is 3. The van der Waals surface area contributed by atoms with E-state index in [1.165, 1.54) is 11.3 Å². The first-order chi connectivity index (χ1) is 9.12. The SMILES string of the molecule is O=C([N]N1C(=O)CC2(CCCC2)C1=O)c1cccs1. The zero-order chi connectivity index (χ0) is 13.5. The van der Waals surface area contributed by atoms with E-state index in [-0.39, 0.29) is 18.2 Å². The summed E-state index contributed by atoms with van der Waals surface area (Å²) >= 11 is 1.25. The molecule has 0 bridgehead atoms. The van der Waals surface area contributed by atoms with E-state index in [1.54, 1.807) is 17.5 Å². The molecule has 19 heavy (non-hydrogen) atoms. The summed E-state index contributed by atoms with van der Waals surface area (Å²) in [5.41, 5.74) is 3.13. The van der Waals surface area contributed by atoms with Gasteiger partial charge in [0.15, 0.2) is 0 Å². The number of amides is 3. The maximum Gasteiger partial charge on any atom is 0.304 e. The zero-order valence-corrected chi connectivity index (χ0v) is 11.1. The molecule has 1 saturated carbocycles. The fourth-order valence-corrected chi connectivity index (χ4v) is 3.46. The smallest absolute Gasteiger partial charge is 0.272 e. The van der Waals surface area contributed by atoms with E-state index in [0.717, 1.165) is 30.7 Å². The second kappa shape index (κ2) is 4.45. The van der Waals surface area contributed by atoms with Crippen LogP contribution in [-0.2, 0) is 9.59 Å². The molecule has 1 saturated heterocycles. The third-order valence-corrected chi connectivity index (χ3v) is 4.71. The van der Waals surface area contributed by atoms with Gasteiger partial charge in [-0.1, -0.05) is 18.9 Å². The average molecular weight is 277 g/mol. The van der Waals surface area contributed by atoms with E-state index < -0.39 is 11.3 Å². The standard InChI is InChI=1S/C13H13N2O3S/c16-10-8-13(5-1-2-6-13)12(18)15(10)14-11(17)9-4-3-7-19-9/h3-4,7H,1-2,5-6,8H2. The Bertz CT molecular complexity index is 532. The highest BCUT2D eigenvalue weighted by atomic mass is 32.1. The van der Waals surface area contributed by atoms with Crippen LogP contribution in [-0.4, -0.2) is 22.7 Å². The highest BCUT2D eigenvalue weighted by Crippen LogP contribution is 2.46. The second-order valence-corrected chi connectivity index (χ2v) is 6.01. The highest BCUT2D eigenvalue weighted by molar-refractivity contribution is 7.12. The average Bonchev–Trinajstić information content (AvgIpc) is 3.08. The molecular weight excluding hydrogens is 264 g/mol. The molecule has 3 rings (SSSR count). The van der Waals surface area contributed by atoms with Crippen LogP contribution in [0.25, 0.3) is 0 Å². The largest absolute Gasteiger partial charge is 0.304 e. The van der Waals surface area contributed by atoms with Gasteiger partial charge in [0.05, 0.1) is 10.3 Å². The van der Waals surface area contributed by atoms with Gasteiger partial charge in [0.1, 0.15) is 0 Å². The van der Waals surface area contributed by atoms with Gasteiger partial charge < -0.3 is 0 Å². The molecule has 1 spiro atoms. The number of imide groups is 1. The molecule has 1 aromatic heterocycles. The minimum absolute atomic E-state index is 0.201. The lowest BCUT2D eigenvalue weighted by molar-refractivity contribution is -0.144. The molecule has 0 unspecified atom stereocenters. The fourth-order valence-electron chi connectivity index (χ4n) is 2.86. The summed E-state index contributed by atoms with van der Waals surface area (Å²) in [5, 5.41) is 2.56. The summed E-state index contributed by atoms with van der Waals surface area (Å²) in [6.45, 7) is 0. The Hall–Kier alpha value is -1.69. The third kappa shape index (κ3) is 1.96. The molecule has 3 amide bonds. The minimum Gasteiger partial charge on any atom is -0.272 e. The van der Waals surface area contributed by atoms with Crippen molar-refractivity contribution in [1.82, 2.24) is 10.4 Å². The van der Waals surface area contributed by atoms with Crippen molar-refractivity contribution in [2.24, 2.45) is 5.41 Å². The monoisotopic (exact) mass is 277 g/mol. The summed E-state index contributed by atoms with van der Waals surface area (Å²) < 4.78 is 0. The van der Waals surface area contributed by atoms with Crippen LogP contribution in [0.5, 0.6) is 0 Å². The summed E-state index contributed by atoms with van der Waals surface area (Å²) in [5.74, 6) is -1.16. The molecule has 5 nitrogen and oxygen atoms in total. The predicted molar refractivity (Wildman–Crippen MR) is 68.2 cm³/mol. The van der Waals surface area contributed by atoms with E-state index in [0.29, 0.717) is 4.88 Å². The van der Waals surface area contributed by atoms with Crippen LogP contribution in [0.15, 0.2) is 17.5 Å². The first-order valence-electron chi connectivity index (χ1n) is 6.29. The third-order valence-electron chi connectivity index (χ3n) is 3.86. The Morgan fingerprint density at radius 2 is 2.05 bits per heavy atom. The van der Waals surface area contributed by atoms with Gasteiger partial charge in [0, 0.05) is 6.42 Å². The van der Waals surface area contributed by atoms with Gasteiger partial charge in [-0.3, -0.25) is 14.4 Å². The summed E-state index contributed by atoms with van der Waals surface area (Å²) in [6, 6.07) is 3.37. The second-order valence-electron chi connectivity index (χ2n) is 5.06. The predicted octanol–water partition coefficient (Wildman–Crippen LogP) is 1.73. The van der Waals surface area contributed by atoms with E-state index in [4.69, 9.17) is 0 Å². The molecule has 1 aromatic rings. The number of thiophene rings is 1. The van der Waals surface area contributed by atoms with Crippen molar-refractivity contribution in [2.75, 3.05) is 0 Å². The van der Waals surface area contributed by atoms with Gasteiger partial charge >= 0.3 is 5.91 Å². The maximum absolute atomic E-state index is 12.3. The maximum atomic E-state index is 12.3. The molecule has 1 aliphatic heterocycles. The van der Waals surface area contributed by atoms with Crippen LogP contribution in [0.3, 0.4) is 0 Å². The molecule has 2 fully saturated rings. The summed E-state index contributed by atoms with van der Waals surface area (Å²) in [6.07, 6.45) is 3.60. The van der Waals surface area contributed by atoms with Crippen molar-refractivity contribution in [3.8, 4) is 0 Å². The summed E-state index contributed by atoms with van der Waals surface area (Å²) in [7, 11) is 0. The van der Waals surface area contributed by atoms with E-state index in [1.807, 2.05) is 0 Å². The van der Waals surface area contributed by atoms with Crippen molar-refractivity contribution in [3.63, 3.8) is 0 Å². The molecule has 99 valence electrons. The van der Waals surface area contributed by atoms with Crippen molar-refractivity contribution in [2.45, 2.75) is 32.1 Å². The van der Waals surface area contributed by atoms with Crippen molar-refractivity contribution in [3.05, 3.63) is 22.4 Å². The molecule has 1 radical (unpaired) electrons. The fraction of sp³-hybridized carbons (Fsp3) is 0.462. The molecular formula is C13H13N2O3S. The molecule has 2 heterocycles. The lowest BCUT2D eigenvalue weighted by Gasteiger charge is -2.19. The lowest BCUT2D eigenvalue weighted by atomic mass is 9.85. The number of hydrogen-bond acceptors (Lipinski definition) is 4. The van der Waals surface area contributed by atoms with Crippen LogP contribution in [0.1, 0.15) is 41.8 Å². The van der Waals surface area contributed by atoms with Crippen LogP contribution >= 0.6 is 11.3 Å². The zero-order valence-electron chi connectivity index (χ0n) is 10.3. The number of carbonyl (C=O) groups excluding carboxylic acids is 3. The first-order valence-corrected chi connectivity index (χ1v) is 7.17. The molecule has 1 aliphatic carbocycles. The van der Waals surface area contributed by atoms with E-state index >= 15 is 0 Å². The molecule has 0 atom stereocenters. The quantitative estimate of drug-likeness (QED) is 0.773. The van der Waals surface area contributed by atoms with Crippen LogP contribution in [0.4, 0.5) is 0 Å². The van der Waals surface area contributed by atoms with Gasteiger partial charge in [0.2, 0.25) is 0 Å². The number of hydrogen-bond donors (Lipinski definition) is 0. The number of rotatable bonds is 2. The molecule has 0 N–H and O–H groups in total. The van der Waals surface area contributed by atoms with Crippen LogP contribution < -0.4 is 5.43 Å². The van der Waals surface area contributed by atoms with Crippen LogP contribution in [0.2, 0.25) is 0 Å². The summed E-state index contributed by atoms with van der Waals surface area (Å²) in [4.78, 5) is 36.5. The van der Waals surface area contributed by atoms with Gasteiger partial charge in [-0.25, -0.2) is 0 Å². The van der Waals surface area contributed by atoms with Crippen molar-refractivity contribution >= 4 is 29.1 Å². The Morgan fingerprint density at radius 3 is 2.68 bits per heavy atom. The number of nitrogens with zero attached hydrogens (tertiary/aromatic N) is 2. The molecule has 2 aliphatic rings. The van der Waals surface area contributed by atoms with Crippen LogP contribution in [0, 0.1) is 5.41 Å². The van der Waals surface area contributed by atoms with Crippen molar-refractivity contribution < 1.29 is 14.4 Å². The Balaban J connectivity index is 1.76. The Morgan fingerprint density at radius 1 is 1.32 bits per heavy atom. The molecule has 6 heteroatoms. The van der Waals surface area contributed by atoms with Gasteiger partial charge in [0.25, 0.3) is 11.8 Å². The molecule has 0 aromatic carbocycles. The van der Waals surface area contributed by atoms with Gasteiger partial charge in [-0.15, -0.1) is 16.8 Å². The lowest BCUT2D eigenvalue weighted by Crippen LogP contribution is -2.42. The normalized spacial score (nSPS) is 21.4. The van der Waals surface area contributed by atoms with Gasteiger partial charge in [-0.05, 0) is 24.3 Å². The topological polar surface area (TPSA) is 68.6 Å². The highest BCUT2D eigenvalue weighted by Gasteiger charge is 2.54. The van der Waals surface area contributed by atoms with Crippen molar-refractivity contribution in [1.29, 1.82) is 0 Å². The van der Waals surface area contributed by atoms with Gasteiger partial charge in [-0.2, -0.15) is 5.01 Å². The van der Waals surface area contributed by atoms with E-state index in [9.17, 15) is 14.4 Å².